The summed E-state index contributed by atoms with van der Waals surface area (Å²) in [4.78, 5) is 30.9. The fraction of sp³-hybridized carbons (Fsp3) is 0.536. The first-order valence-electron chi connectivity index (χ1n) is 12.9. The number of hydrogen-bond donors (Lipinski definition) is 2. The van der Waals surface area contributed by atoms with Gasteiger partial charge >= 0.3 is 0 Å². The first kappa shape index (κ1) is 26.9. The molecule has 0 aromatic carbocycles. The van der Waals surface area contributed by atoms with E-state index >= 15 is 0 Å². The minimum absolute atomic E-state index is 0.0446. The Bertz CT molecular complexity index is 1330. The van der Waals surface area contributed by atoms with Crippen molar-refractivity contribution in [3.63, 3.8) is 0 Å². The van der Waals surface area contributed by atoms with Crippen LogP contribution in [0.2, 0.25) is 0 Å². The Morgan fingerprint density at radius 1 is 1.32 bits per heavy atom. The van der Waals surface area contributed by atoms with E-state index in [1.807, 2.05) is 23.6 Å². The Balaban J connectivity index is 1.58. The highest BCUT2D eigenvalue weighted by atomic mass is 19.1. The second kappa shape index (κ2) is 10.7. The Labute approximate surface area is 217 Å². The normalized spacial score (nSPS) is 16.2. The zero-order chi connectivity index (χ0) is 26.9. The summed E-state index contributed by atoms with van der Waals surface area (Å²) in [5, 5.41) is 7.52. The van der Waals surface area contributed by atoms with Crippen LogP contribution in [0.4, 0.5) is 4.39 Å². The molecule has 0 bridgehead atoms. The number of rotatable bonds is 8. The molecular weight excluding hydrogens is 473 g/mol. The fourth-order valence-corrected chi connectivity index (χ4v) is 5.71. The highest BCUT2D eigenvalue weighted by Gasteiger charge is 2.32. The van der Waals surface area contributed by atoms with Gasteiger partial charge in [-0.15, -0.1) is 0 Å². The Hall–Kier alpha value is -3.20. The molecule has 1 atom stereocenters. The number of pyridine rings is 1. The van der Waals surface area contributed by atoms with Gasteiger partial charge < -0.3 is 19.9 Å². The monoisotopic (exact) mass is 511 g/mol. The smallest absolute Gasteiger partial charge is 0.256 e. The summed E-state index contributed by atoms with van der Waals surface area (Å²) in [6, 6.07) is 5.47. The minimum Gasteiger partial charge on any atom is -0.496 e. The van der Waals surface area contributed by atoms with Crippen LogP contribution in [0.3, 0.4) is 0 Å². The van der Waals surface area contributed by atoms with E-state index in [0.717, 1.165) is 42.7 Å². The minimum atomic E-state index is -1.20. The van der Waals surface area contributed by atoms with Crippen LogP contribution >= 0.6 is 0 Å². The van der Waals surface area contributed by atoms with Crippen molar-refractivity contribution in [1.29, 1.82) is 0 Å². The van der Waals surface area contributed by atoms with E-state index in [0.29, 0.717) is 35.0 Å². The molecule has 3 aromatic heterocycles. The number of fused-ring (bicyclic) bond motifs is 1. The lowest BCUT2D eigenvalue weighted by atomic mass is 9.82. The molecule has 3 aromatic rings. The third-order valence-electron chi connectivity index (χ3n) is 7.47. The predicted molar refractivity (Wildman–Crippen MR) is 142 cm³/mol. The first-order valence-corrected chi connectivity index (χ1v) is 12.9. The van der Waals surface area contributed by atoms with Crippen molar-refractivity contribution in [2.45, 2.75) is 65.6 Å². The Morgan fingerprint density at radius 2 is 2.03 bits per heavy atom. The second-order valence-electron chi connectivity index (χ2n) is 10.8. The second-order valence-corrected chi connectivity index (χ2v) is 10.8. The molecule has 2 N–H and O–H groups in total. The van der Waals surface area contributed by atoms with E-state index in [1.165, 1.54) is 7.11 Å². The number of likely N-dealkylation sites (tertiary alicyclic amines) is 1. The zero-order valence-corrected chi connectivity index (χ0v) is 22.7. The topological polar surface area (TPSA) is 91.7 Å². The number of alkyl halides is 1. The molecule has 1 aliphatic heterocycles. The lowest BCUT2D eigenvalue weighted by Gasteiger charge is -2.36. The van der Waals surface area contributed by atoms with Gasteiger partial charge in [-0.05, 0) is 83.3 Å². The highest BCUT2D eigenvalue weighted by Crippen LogP contribution is 2.37. The van der Waals surface area contributed by atoms with Gasteiger partial charge in [-0.3, -0.25) is 9.59 Å². The van der Waals surface area contributed by atoms with Crippen molar-refractivity contribution < 1.29 is 13.9 Å². The number of aromatic amines is 1. The molecule has 0 radical (unpaired) electrons. The van der Waals surface area contributed by atoms with Crippen molar-refractivity contribution in [3.05, 3.63) is 62.8 Å². The van der Waals surface area contributed by atoms with Crippen molar-refractivity contribution >= 4 is 11.4 Å². The van der Waals surface area contributed by atoms with E-state index in [-0.39, 0.29) is 23.9 Å². The van der Waals surface area contributed by atoms with Crippen LogP contribution < -0.4 is 15.6 Å². The van der Waals surface area contributed by atoms with Gasteiger partial charge in [-0.2, -0.15) is 5.10 Å². The maximum Gasteiger partial charge on any atom is 0.256 e. The molecule has 1 aliphatic rings. The molecule has 37 heavy (non-hydrogen) atoms. The van der Waals surface area contributed by atoms with Crippen LogP contribution in [-0.2, 0) is 6.54 Å². The summed E-state index contributed by atoms with van der Waals surface area (Å²) >= 11 is 0. The molecule has 200 valence electrons. The van der Waals surface area contributed by atoms with Gasteiger partial charge in [0.1, 0.15) is 11.4 Å². The number of aryl methyl sites for hydroxylation is 1. The molecule has 4 heterocycles. The van der Waals surface area contributed by atoms with Crippen LogP contribution in [0.1, 0.15) is 72.4 Å². The Kier molecular flexibility index (Phi) is 7.73. The van der Waals surface area contributed by atoms with Gasteiger partial charge in [0.25, 0.3) is 11.5 Å². The molecule has 0 aliphatic carbocycles. The number of nitrogens with one attached hydrogen (secondary N) is 2. The highest BCUT2D eigenvalue weighted by molar-refractivity contribution is 6.03. The Morgan fingerprint density at radius 3 is 2.68 bits per heavy atom. The van der Waals surface area contributed by atoms with E-state index in [1.54, 1.807) is 33.0 Å². The van der Waals surface area contributed by atoms with Crippen molar-refractivity contribution in [2.75, 3.05) is 26.7 Å². The standard InChI is InChI=1S/C28H38FN5O3/c1-17-14-23(37-6)21(26(35)32-17)15-30-27(36)24-19(3)25(34-22(24)8-7-11-31-34)18(2)20-9-12-33(13-10-20)16-28(4,5)29/h7-8,11,14,18,20H,9-10,12-13,15-16H2,1-6H3,(H,30,36)(H,32,35). The summed E-state index contributed by atoms with van der Waals surface area (Å²) in [5.74, 6) is 0.760. The molecule has 1 fully saturated rings. The lowest BCUT2D eigenvalue weighted by molar-refractivity contribution is 0.0912. The first-order chi connectivity index (χ1) is 17.5. The van der Waals surface area contributed by atoms with Crippen LogP contribution in [0.25, 0.3) is 5.52 Å². The SMILES string of the molecule is COc1cc(C)[nH]c(=O)c1CNC(=O)c1c(C)c(C(C)C2CCN(CC(C)(C)F)CC2)n2ncccc12. The molecule has 0 saturated carbocycles. The number of H-pyrrole nitrogens is 1. The number of ether oxygens (including phenoxy) is 1. The van der Waals surface area contributed by atoms with Gasteiger partial charge in [-0.25, -0.2) is 8.91 Å². The number of carbonyl (C=O) groups is 1. The largest absolute Gasteiger partial charge is 0.496 e. The third-order valence-corrected chi connectivity index (χ3v) is 7.47. The average Bonchev–Trinajstić information content (AvgIpc) is 3.13. The van der Waals surface area contributed by atoms with E-state index in [9.17, 15) is 14.0 Å². The third kappa shape index (κ3) is 5.71. The van der Waals surface area contributed by atoms with Crippen molar-refractivity contribution in [2.24, 2.45) is 5.92 Å². The quantitative estimate of drug-likeness (QED) is 0.474. The van der Waals surface area contributed by atoms with Gasteiger partial charge in [0.15, 0.2) is 0 Å². The van der Waals surface area contributed by atoms with Gasteiger partial charge in [0.05, 0.1) is 30.3 Å². The van der Waals surface area contributed by atoms with Crippen LogP contribution in [-0.4, -0.2) is 57.8 Å². The molecule has 9 heteroatoms. The number of nitrogens with zero attached hydrogens (tertiary/aromatic N) is 3. The molecule has 1 amide bonds. The van der Waals surface area contributed by atoms with Crippen LogP contribution in [0.15, 0.2) is 29.2 Å². The molecule has 1 saturated heterocycles. The molecule has 8 nitrogen and oxygen atoms in total. The summed E-state index contributed by atoms with van der Waals surface area (Å²) in [5.41, 5.74) is 2.79. The van der Waals surface area contributed by atoms with Crippen LogP contribution in [0.5, 0.6) is 5.75 Å². The molecule has 0 spiro atoms. The van der Waals surface area contributed by atoms with Gasteiger partial charge in [-0.1, -0.05) is 6.92 Å². The van der Waals surface area contributed by atoms with Crippen LogP contribution in [0, 0.1) is 19.8 Å². The van der Waals surface area contributed by atoms with E-state index in [2.05, 4.69) is 27.2 Å². The summed E-state index contributed by atoms with van der Waals surface area (Å²) in [6.45, 7) is 11.4. The molecule has 4 rings (SSSR count). The van der Waals surface area contributed by atoms with Crippen molar-refractivity contribution in [1.82, 2.24) is 24.8 Å². The van der Waals surface area contributed by atoms with Gasteiger partial charge in [0.2, 0.25) is 0 Å². The van der Waals surface area contributed by atoms with E-state index < -0.39 is 5.67 Å². The molecule has 1 unspecified atom stereocenters. The number of piperidine rings is 1. The number of aromatic nitrogens is 3. The number of methoxy groups -OCH3 is 1. The van der Waals surface area contributed by atoms with Crippen molar-refractivity contribution in [3.8, 4) is 5.75 Å². The summed E-state index contributed by atoms with van der Waals surface area (Å²) in [6.07, 6.45) is 3.66. The fourth-order valence-electron chi connectivity index (χ4n) is 5.71. The van der Waals surface area contributed by atoms with E-state index in [4.69, 9.17) is 4.74 Å². The number of hydrogen-bond acceptors (Lipinski definition) is 5. The zero-order valence-electron chi connectivity index (χ0n) is 22.7. The summed E-state index contributed by atoms with van der Waals surface area (Å²) < 4.78 is 21.4. The summed E-state index contributed by atoms with van der Waals surface area (Å²) in [7, 11) is 1.51. The predicted octanol–water partition coefficient (Wildman–Crippen LogP) is 4.14. The average molecular weight is 512 g/mol. The van der Waals surface area contributed by atoms with Gasteiger partial charge in [0, 0.05) is 30.0 Å². The molecular formula is C28H38FN5O3. The maximum atomic E-state index is 14.1. The maximum absolute atomic E-state index is 14.1. The lowest BCUT2D eigenvalue weighted by Crippen LogP contribution is -2.41. The number of amides is 1. The number of halogens is 1. The number of carbonyl (C=O) groups excluding carboxylic acids is 1.